The zero-order valence-corrected chi connectivity index (χ0v) is 25.1. The van der Waals surface area contributed by atoms with Crippen molar-refractivity contribution in [1.29, 1.82) is 0 Å². The second kappa shape index (κ2) is 10.8. The number of aromatic nitrogens is 2. The third-order valence-corrected chi connectivity index (χ3v) is 9.14. The number of rotatable bonds is 4. The van der Waals surface area contributed by atoms with Gasteiger partial charge in [0.2, 0.25) is 0 Å². The Morgan fingerprint density at radius 2 is 0.957 bits per heavy atom. The van der Waals surface area contributed by atoms with Crippen molar-refractivity contribution in [3.05, 3.63) is 170 Å². The van der Waals surface area contributed by atoms with Gasteiger partial charge in [-0.2, -0.15) is 0 Å². The van der Waals surface area contributed by atoms with E-state index in [-0.39, 0.29) is 0 Å². The Morgan fingerprint density at radius 3 is 1.72 bits per heavy atom. The van der Waals surface area contributed by atoms with E-state index in [4.69, 9.17) is 4.98 Å². The normalized spacial score (nSPS) is 11.5. The number of benzene rings is 7. The number of nitrogens with zero attached hydrogens (tertiary/aromatic N) is 2. The Labute approximate surface area is 267 Å². The Bertz CT molecular complexity index is 2550. The molecule has 214 valence electrons. The maximum Gasteiger partial charge on any atom is 0.0717 e. The van der Waals surface area contributed by atoms with Crippen LogP contribution in [0.4, 0.5) is 0 Å². The van der Waals surface area contributed by atoms with Gasteiger partial charge in [-0.3, -0.25) is 9.97 Å². The molecule has 9 aromatic rings. The quantitative estimate of drug-likeness (QED) is 0.152. The lowest BCUT2D eigenvalue weighted by molar-refractivity contribution is 1.28. The molecule has 0 N–H and O–H groups in total. The fourth-order valence-corrected chi connectivity index (χ4v) is 7.05. The molecular formula is C44H28N2. The van der Waals surface area contributed by atoms with Gasteiger partial charge in [0.1, 0.15) is 0 Å². The van der Waals surface area contributed by atoms with Crippen molar-refractivity contribution in [1.82, 2.24) is 9.97 Å². The maximum absolute atomic E-state index is 4.93. The molecule has 2 aromatic heterocycles. The Balaban J connectivity index is 1.38. The molecule has 0 aliphatic rings. The van der Waals surface area contributed by atoms with Gasteiger partial charge in [-0.15, -0.1) is 0 Å². The van der Waals surface area contributed by atoms with Gasteiger partial charge in [-0.1, -0.05) is 121 Å². The largest absolute Gasteiger partial charge is 0.256 e. The van der Waals surface area contributed by atoms with Gasteiger partial charge in [0.05, 0.1) is 11.4 Å². The third kappa shape index (κ3) is 4.27. The van der Waals surface area contributed by atoms with Crippen molar-refractivity contribution >= 4 is 43.1 Å². The fraction of sp³-hybridized carbons (Fsp3) is 0. The van der Waals surface area contributed by atoms with Crippen LogP contribution in [-0.2, 0) is 0 Å². The summed E-state index contributed by atoms with van der Waals surface area (Å²) in [4.78, 5) is 9.44. The Morgan fingerprint density at radius 1 is 0.326 bits per heavy atom. The molecule has 0 atom stereocenters. The molecule has 0 aliphatic heterocycles. The molecule has 2 heteroatoms. The molecule has 0 amide bonds. The molecule has 9 rings (SSSR count). The van der Waals surface area contributed by atoms with Crippen LogP contribution >= 0.6 is 0 Å². The van der Waals surface area contributed by atoms with E-state index in [0.717, 1.165) is 22.5 Å². The van der Waals surface area contributed by atoms with E-state index in [1.54, 1.807) is 0 Å². The lowest BCUT2D eigenvalue weighted by Gasteiger charge is -2.20. The van der Waals surface area contributed by atoms with E-state index in [0.29, 0.717) is 0 Å². The van der Waals surface area contributed by atoms with Crippen molar-refractivity contribution in [2.75, 3.05) is 0 Å². The molecule has 0 saturated heterocycles. The van der Waals surface area contributed by atoms with Crippen LogP contribution in [0.5, 0.6) is 0 Å². The smallest absolute Gasteiger partial charge is 0.0717 e. The van der Waals surface area contributed by atoms with Gasteiger partial charge in [-0.25, -0.2) is 0 Å². The van der Waals surface area contributed by atoms with Gasteiger partial charge in [0.25, 0.3) is 0 Å². The molecule has 0 unspecified atom stereocenters. The van der Waals surface area contributed by atoms with E-state index < -0.39 is 0 Å². The molecule has 0 bridgehead atoms. The van der Waals surface area contributed by atoms with Crippen molar-refractivity contribution in [2.45, 2.75) is 0 Å². The summed E-state index contributed by atoms with van der Waals surface area (Å²) in [5.41, 5.74) is 8.90. The zero-order valence-electron chi connectivity index (χ0n) is 25.1. The molecule has 46 heavy (non-hydrogen) atoms. The molecule has 2 heterocycles. The number of hydrogen-bond donors (Lipinski definition) is 0. The summed E-state index contributed by atoms with van der Waals surface area (Å²) < 4.78 is 0. The van der Waals surface area contributed by atoms with Crippen molar-refractivity contribution in [3.63, 3.8) is 0 Å². The topological polar surface area (TPSA) is 25.8 Å². The summed E-state index contributed by atoms with van der Waals surface area (Å²) in [6.45, 7) is 0. The molecule has 2 nitrogen and oxygen atoms in total. The van der Waals surface area contributed by atoms with Crippen LogP contribution in [0.2, 0.25) is 0 Å². The molecule has 0 saturated carbocycles. The van der Waals surface area contributed by atoms with Gasteiger partial charge >= 0.3 is 0 Å². The third-order valence-electron chi connectivity index (χ3n) is 9.14. The lowest BCUT2D eigenvalue weighted by atomic mass is 9.83. The van der Waals surface area contributed by atoms with Crippen LogP contribution in [0.1, 0.15) is 0 Å². The second-order valence-electron chi connectivity index (χ2n) is 11.8. The van der Waals surface area contributed by atoms with E-state index in [1.807, 2.05) is 30.6 Å². The first-order valence-electron chi connectivity index (χ1n) is 15.7. The van der Waals surface area contributed by atoms with Crippen LogP contribution in [0, 0.1) is 0 Å². The SMILES string of the molecule is c1ccc(-c2c3ccccc3c(-c3cc4ccccc4c4ccccc34)c3cc(-c4ccc(-c5ccccn5)cn4)ccc23)cc1. The van der Waals surface area contributed by atoms with Gasteiger partial charge in [0.15, 0.2) is 0 Å². The second-order valence-corrected chi connectivity index (χ2v) is 11.8. The molecule has 0 aliphatic carbocycles. The number of fused-ring (bicyclic) bond motifs is 5. The van der Waals surface area contributed by atoms with Crippen LogP contribution in [0.15, 0.2) is 170 Å². The summed E-state index contributed by atoms with van der Waals surface area (Å²) in [5, 5.41) is 9.96. The predicted octanol–water partition coefficient (Wildman–Crippen LogP) is 11.8. The summed E-state index contributed by atoms with van der Waals surface area (Å²) in [7, 11) is 0. The van der Waals surface area contributed by atoms with Gasteiger partial charge in [0, 0.05) is 23.5 Å². The van der Waals surface area contributed by atoms with E-state index >= 15 is 0 Å². The van der Waals surface area contributed by atoms with Crippen LogP contribution in [-0.4, -0.2) is 9.97 Å². The van der Waals surface area contributed by atoms with Gasteiger partial charge in [-0.05, 0) is 102 Å². The van der Waals surface area contributed by atoms with Crippen molar-refractivity contribution < 1.29 is 0 Å². The zero-order chi connectivity index (χ0) is 30.5. The monoisotopic (exact) mass is 584 g/mol. The highest BCUT2D eigenvalue weighted by Crippen LogP contribution is 2.47. The van der Waals surface area contributed by atoms with Crippen LogP contribution < -0.4 is 0 Å². The molecule has 7 aromatic carbocycles. The highest BCUT2D eigenvalue weighted by molar-refractivity contribution is 6.26. The van der Waals surface area contributed by atoms with E-state index in [9.17, 15) is 0 Å². The average molecular weight is 585 g/mol. The summed E-state index contributed by atoms with van der Waals surface area (Å²) in [5.74, 6) is 0. The highest BCUT2D eigenvalue weighted by Gasteiger charge is 2.20. The Kier molecular flexibility index (Phi) is 6.17. The first-order chi connectivity index (χ1) is 22.8. The minimum atomic E-state index is 0.921. The van der Waals surface area contributed by atoms with Crippen molar-refractivity contribution in [3.8, 4) is 44.8 Å². The van der Waals surface area contributed by atoms with Crippen LogP contribution in [0.25, 0.3) is 87.9 Å². The van der Waals surface area contributed by atoms with Crippen LogP contribution in [0.3, 0.4) is 0 Å². The molecule has 0 radical (unpaired) electrons. The molecule has 0 spiro atoms. The minimum absolute atomic E-state index is 0.921. The lowest BCUT2D eigenvalue weighted by Crippen LogP contribution is -1.93. The average Bonchev–Trinajstić information content (AvgIpc) is 3.14. The summed E-state index contributed by atoms with van der Waals surface area (Å²) >= 11 is 0. The summed E-state index contributed by atoms with van der Waals surface area (Å²) in [6.07, 6.45) is 3.74. The minimum Gasteiger partial charge on any atom is -0.256 e. The predicted molar refractivity (Wildman–Crippen MR) is 194 cm³/mol. The molecule has 0 fully saturated rings. The standard InChI is InChI=1S/C44H28N2/c1-2-12-29(13-3-1)43-36-18-8-9-19-37(36)44(39-26-30-14-4-5-15-33(30)34-16-6-7-17-35(34)39)40-27-31(21-23-38(40)43)42-24-22-32(28-46-42)41-20-10-11-25-45-41/h1-28H. The van der Waals surface area contributed by atoms with E-state index in [2.05, 4.69) is 145 Å². The summed E-state index contributed by atoms with van der Waals surface area (Å²) in [6, 6.07) is 56.6. The fourth-order valence-electron chi connectivity index (χ4n) is 7.05. The highest BCUT2D eigenvalue weighted by atomic mass is 14.7. The van der Waals surface area contributed by atoms with Crippen molar-refractivity contribution in [2.24, 2.45) is 0 Å². The molecular weight excluding hydrogens is 556 g/mol. The van der Waals surface area contributed by atoms with Gasteiger partial charge < -0.3 is 0 Å². The Hall–Kier alpha value is -6.12. The van der Waals surface area contributed by atoms with E-state index in [1.165, 1.54) is 65.3 Å². The first-order valence-corrected chi connectivity index (χ1v) is 15.7. The first kappa shape index (κ1) is 26.3. The number of pyridine rings is 2. The maximum atomic E-state index is 4.93. The number of hydrogen-bond acceptors (Lipinski definition) is 2.